The molecule has 0 bridgehead atoms. The van der Waals surface area contributed by atoms with Gasteiger partial charge in [-0.25, -0.2) is 4.98 Å². The summed E-state index contributed by atoms with van der Waals surface area (Å²) in [5, 5.41) is 5.25. The van der Waals surface area contributed by atoms with Crippen molar-refractivity contribution in [3.63, 3.8) is 0 Å². The third-order valence-corrected chi connectivity index (χ3v) is 1.89. The Morgan fingerprint density at radius 2 is 1.50 bits per heavy atom. The van der Waals surface area contributed by atoms with E-state index in [4.69, 9.17) is 0 Å². The van der Waals surface area contributed by atoms with E-state index < -0.39 is 0 Å². The second-order valence-electron chi connectivity index (χ2n) is 3.13. The highest BCUT2D eigenvalue weighted by molar-refractivity contribution is 5.96. The van der Waals surface area contributed by atoms with Crippen LogP contribution in [0, 0.1) is 0 Å². The molecule has 0 aromatic carbocycles. The fourth-order valence-electron chi connectivity index (χ4n) is 1.19. The highest BCUT2D eigenvalue weighted by Gasteiger charge is 2.10. The van der Waals surface area contributed by atoms with Crippen molar-refractivity contribution in [3.05, 3.63) is 29.6 Å². The number of amides is 2. The average molecular weight is 221 g/mol. The Bertz CT molecular complexity index is 357. The largest absolute Gasteiger partial charge is 0.351 e. The van der Waals surface area contributed by atoms with Crippen molar-refractivity contribution in [1.82, 2.24) is 15.6 Å². The zero-order valence-corrected chi connectivity index (χ0v) is 9.41. The van der Waals surface area contributed by atoms with E-state index >= 15 is 0 Å². The van der Waals surface area contributed by atoms with E-state index in [1.165, 1.54) is 0 Å². The number of aromatic nitrogens is 1. The zero-order valence-electron chi connectivity index (χ0n) is 9.41. The minimum atomic E-state index is -0.270. The molecule has 0 radical (unpaired) electrons. The van der Waals surface area contributed by atoms with E-state index in [1.807, 2.05) is 13.8 Å². The summed E-state index contributed by atoms with van der Waals surface area (Å²) in [7, 11) is 0. The summed E-state index contributed by atoms with van der Waals surface area (Å²) in [6.45, 7) is 4.72. The first-order chi connectivity index (χ1) is 7.69. The molecule has 2 N–H and O–H groups in total. The number of hydrogen-bond acceptors (Lipinski definition) is 3. The molecule has 0 atom stereocenters. The minimum Gasteiger partial charge on any atom is -0.351 e. The van der Waals surface area contributed by atoms with Crippen molar-refractivity contribution >= 4 is 11.8 Å². The number of pyridine rings is 1. The first-order valence-electron chi connectivity index (χ1n) is 5.22. The first-order valence-corrected chi connectivity index (χ1v) is 5.22. The van der Waals surface area contributed by atoms with Gasteiger partial charge >= 0.3 is 0 Å². The molecular formula is C11H15N3O2. The van der Waals surface area contributed by atoms with Gasteiger partial charge in [0.2, 0.25) is 0 Å². The zero-order chi connectivity index (χ0) is 12.0. The Labute approximate surface area is 94.3 Å². The van der Waals surface area contributed by atoms with Gasteiger partial charge in [0.15, 0.2) is 0 Å². The van der Waals surface area contributed by atoms with Gasteiger partial charge in [0.25, 0.3) is 11.8 Å². The molecule has 2 amide bonds. The van der Waals surface area contributed by atoms with Crippen LogP contribution in [0.3, 0.4) is 0 Å². The predicted octanol–water partition coefficient (Wildman–Crippen LogP) is 0.581. The number of nitrogens with zero attached hydrogens (tertiary/aromatic N) is 1. The summed E-state index contributed by atoms with van der Waals surface area (Å²) >= 11 is 0. The van der Waals surface area contributed by atoms with Crippen LogP contribution in [0.1, 0.15) is 34.8 Å². The quantitative estimate of drug-likeness (QED) is 0.781. The molecule has 5 nitrogen and oxygen atoms in total. The van der Waals surface area contributed by atoms with Crippen molar-refractivity contribution in [2.24, 2.45) is 0 Å². The van der Waals surface area contributed by atoms with Crippen LogP contribution in [0.4, 0.5) is 0 Å². The van der Waals surface area contributed by atoms with E-state index in [1.54, 1.807) is 18.2 Å². The third kappa shape index (κ3) is 3.05. The average Bonchev–Trinajstić information content (AvgIpc) is 2.30. The molecule has 0 fully saturated rings. The van der Waals surface area contributed by atoms with Gasteiger partial charge in [-0.05, 0) is 26.0 Å². The Kier molecular flexibility index (Phi) is 4.44. The van der Waals surface area contributed by atoms with Crippen LogP contribution in [0.25, 0.3) is 0 Å². The summed E-state index contributed by atoms with van der Waals surface area (Å²) < 4.78 is 0. The van der Waals surface area contributed by atoms with Crippen molar-refractivity contribution < 1.29 is 9.59 Å². The number of carbonyl (C=O) groups is 2. The highest BCUT2D eigenvalue weighted by Crippen LogP contribution is 1.99. The van der Waals surface area contributed by atoms with Crippen LogP contribution in [0.5, 0.6) is 0 Å². The van der Waals surface area contributed by atoms with E-state index in [0.29, 0.717) is 13.1 Å². The molecule has 5 heteroatoms. The highest BCUT2D eigenvalue weighted by atomic mass is 16.2. The molecule has 0 aliphatic heterocycles. The SMILES string of the molecule is CCNC(=O)c1cccc(C(=O)NCC)n1. The second kappa shape index (κ2) is 5.85. The molecule has 86 valence electrons. The van der Waals surface area contributed by atoms with Crippen molar-refractivity contribution in [3.8, 4) is 0 Å². The smallest absolute Gasteiger partial charge is 0.269 e. The number of rotatable bonds is 4. The fraction of sp³-hybridized carbons (Fsp3) is 0.364. The van der Waals surface area contributed by atoms with Crippen molar-refractivity contribution in [2.45, 2.75) is 13.8 Å². The fourth-order valence-corrected chi connectivity index (χ4v) is 1.19. The molecule has 0 spiro atoms. The van der Waals surface area contributed by atoms with Gasteiger partial charge in [0.05, 0.1) is 0 Å². The lowest BCUT2D eigenvalue weighted by atomic mass is 10.2. The second-order valence-corrected chi connectivity index (χ2v) is 3.13. The Morgan fingerprint density at radius 3 is 1.88 bits per heavy atom. The summed E-state index contributed by atoms with van der Waals surface area (Å²) in [4.78, 5) is 26.9. The molecule has 0 aliphatic carbocycles. The lowest BCUT2D eigenvalue weighted by Gasteiger charge is -2.04. The molecule has 0 saturated carbocycles. The van der Waals surface area contributed by atoms with Crippen LogP contribution >= 0.6 is 0 Å². The summed E-state index contributed by atoms with van der Waals surface area (Å²) in [5.74, 6) is -0.540. The van der Waals surface area contributed by atoms with Gasteiger partial charge in [-0.15, -0.1) is 0 Å². The van der Waals surface area contributed by atoms with Crippen molar-refractivity contribution in [1.29, 1.82) is 0 Å². The van der Waals surface area contributed by atoms with Crippen LogP contribution in [0.2, 0.25) is 0 Å². The minimum absolute atomic E-state index is 0.255. The van der Waals surface area contributed by atoms with Gasteiger partial charge < -0.3 is 10.6 Å². The molecule has 1 aromatic rings. The lowest BCUT2D eigenvalue weighted by molar-refractivity contribution is 0.0947. The Morgan fingerprint density at radius 1 is 1.06 bits per heavy atom. The summed E-state index contributed by atoms with van der Waals surface area (Å²) in [5.41, 5.74) is 0.510. The Balaban J connectivity index is 2.86. The monoisotopic (exact) mass is 221 g/mol. The van der Waals surface area contributed by atoms with Gasteiger partial charge in [0.1, 0.15) is 11.4 Å². The maximum absolute atomic E-state index is 11.5. The number of nitrogens with one attached hydrogen (secondary N) is 2. The van der Waals surface area contributed by atoms with Crippen LogP contribution in [-0.2, 0) is 0 Å². The maximum Gasteiger partial charge on any atom is 0.269 e. The predicted molar refractivity (Wildman–Crippen MR) is 60.3 cm³/mol. The van der Waals surface area contributed by atoms with E-state index in [2.05, 4.69) is 15.6 Å². The van der Waals surface area contributed by atoms with Crippen LogP contribution < -0.4 is 10.6 Å². The molecular weight excluding hydrogens is 206 g/mol. The van der Waals surface area contributed by atoms with Gasteiger partial charge in [0, 0.05) is 13.1 Å². The number of hydrogen-bond donors (Lipinski definition) is 2. The van der Waals surface area contributed by atoms with Gasteiger partial charge in [-0.3, -0.25) is 9.59 Å². The number of carbonyl (C=O) groups excluding carboxylic acids is 2. The van der Waals surface area contributed by atoms with Gasteiger partial charge in [-0.1, -0.05) is 6.07 Å². The van der Waals surface area contributed by atoms with Crippen molar-refractivity contribution in [2.75, 3.05) is 13.1 Å². The third-order valence-electron chi connectivity index (χ3n) is 1.89. The topological polar surface area (TPSA) is 71.1 Å². The molecule has 16 heavy (non-hydrogen) atoms. The maximum atomic E-state index is 11.5. The normalized spacial score (nSPS) is 9.62. The molecule has 1 heterocycles. The van der Waals surface area contributed by atoms with E-state index in [9.17, 15) is 9.59 Å². The molecule has 0 aliphatic rings. The first kappa shape index (κ1) is 12.2. The standard InChI is InChI=1S/C11H15N3O2/c1-3-12-10(15)8-6-5-7-9(14-8)11(16)13-4-2/h5-7H,3-4H2,1-2H3,(H,12,15)(H,13,16). The van der Waals surface area contributed by atoms with E-state index in [-0.39, 0.29) is 23.2 Å². The lowest BCUT2D eigenvalue weighted by Crippen LogP contribution is -2.27. The molecule has 1 rings (SSSR count). The molecule has 0 saturated heterocycles. The molecule has 1 aromatic heterocycles. The van der Waals surface area contributed by atoms with E-state index in [0.717, 1.165) is 0 Å². The molecule has 0 unspecified atom stereocenters. The summed E-state index contributed by atoms with van der Waals surface area (Å²) in [6.07, 6.45) is 0. The summed E-state index contributed by atoms with van der Waals surface area (Å²) in [6, 6.07) is 4.80. The van der Waals surface area contributed by atoms with Crippen LogP contribution in [0.15, 0.2) is 18.2 Å². The van der Waals surface area contributed by atoms with Gasteiger partial charge in [-0.2, -0.15) is 0 Å². The Hall–Kier alpha value is -1.91. The van der Waals surface area contributed by atoms with Crippen LogP contribution in [-0.4, -0.2) is 29.9 Å².